The molecule has 1 aliphatic rings. The van der Waals surface area contributed by atoms with Crippen LogP contribution in [0.25, 0.3) is 0 Å². The topological polar surface area (TPSA) is 46.6 Å². The molecule has 1 amide bonds. The lowest BCUT2D eigenvalue weighted by atomic mass is 10.1. The summed E-state index contributed by atoms with van der Waals surface area (Å²) in [6.45, 7) is 3.15. The van der Waals surface area contributed by atoms with Gasteiger partial charge < -0.3 is 9.64 Å². The number of carbonyl (C=O) groups excluding carboxylic acids is 2. The summed E-state index contributed by atoms with van der Waals surface area (Å²) in [5.74, 6) is -0.932. The number of benzene rings is 1. The maximum absolute atomic E-state index is 13.0. The van der Waals surface area contributed by atoms with Crippen LogP contribution in [0.3, 0.4) is 0 Å². The van der Waals surface area contributed by atoms with Gasteiger partial charge in [0.2, 0.25) is 0 Å². The van der Waals surface area contributed by atoms with Gasteiger partial charge in [-0.15, -0.1) is 0 Å². The molecule has 0 aromatic heterocycles. The fourth-order valence-corrected chi connectivity index (χ4v) is 3.34. The number of hydrogen-bond donors (Lipinski definition) is 0. The van der Waals surface area contributed by atoms with E-state index in [2.05, 4.69) is 6.92 Å². The molecule has 1 aliphatic heterocycles. The second-order valence-corrected chi connectivity index (χ2v) is 6.95. The standard InChI is InChI=1S/C21H30FNO3/c1-2-3-4-5-6-7-8-16-26-21(25)19-10-9-15-23(19)20(24)17-11-13-18(22)14-12-17/h11-14,19H,2-10,15-16H2,1H3. The van der Waals surface area contributed by atoms with E-state index in [0.29, 0.717) is 25.1 Å². The van der Waals surface area contributed by atoms with Gasteiger partial charge in [0.1, 0.15) is 11.9 Å². The predicted molar refractivity (Wildman–Crippen MR) is 99.4 cm³/mol. The Bertz CT molecular complexity index is 573. The van der Waals surface area contributed by atoms with Gasteiger partial charge in [-0.05, 0) is 43.5 Å². The molecular formula is C21H30FNO3. The van der Waals surface area contributed by atoms with E-state index >= 15 is 0 Å². The monoisotopic (exact) mass is 363 g/mol. The summed E-state index contributed by atoms with van der Waals surface area (Å²) in [5.41, 5.74) is 0.401. The van der Waals surface area contributed by atoms with Crippen LogP contribution >= 0.6 is 0 Å². The van der Waals surface area contributed by atoms with Crippen molar-refractivity contribution in [3.8, 4) is 0 Å². The van der Waals surface area contributed by atoms with Crippen LogP contribution in [0.1, 0.15) is 75.1 Å². The Labute approximate surface area is 155 Å². The van der Waals surface area contributed by atoms with E-state index in [4.69, 9.17) is 4.74 Å². The second-order valence-electron chi connectivity index (χ2n) is 6.95. The molecule has 0 bridgehead atoms. The van der Waals surface area contributed by atoms with Crippen LogP contribution in [-0.2, 0) is 9.53 Å². The number of likely N-dealkylation sites (tertiary alicyclic amines) is 1. The summed E-state index contributed by atoms with van der Waals surface area (Å²) in [4.78, 5) is 26.5. The SMILES string of the molecule is CCCCCCCCCOC(=O)C1CCCN1C(=O)c1ccc(F)cc1. The average Bonchev–Trinajstić information content (AvgIpc) is 3.13. The number of halogens is 1. The molecule has 4 nitrogen and oxygen atoms in total. The van der Waals surface area contributed by atoms with Gasteiger partial charge in [0.25, 0.3) is 5.91 Å². The minimum Gasteiger partial charge on any atom is -0.464 e. The Kier molecular flexibility index (Phi) is 8.59. The maximum Gasteiger partial charge on any atom is 0.328 e. The molecule has 1 aromatic rings. The molecule has 1 atom stereocenters. The molecule has 1 unspecified atom stereocenters. The van der Waals surface area contributed by atoms with E-state index in [9.17, 15) is 14.0 Å². The molecule has 1 aromatic carbocycles. The van der Waals surface area contributed by atoms with Crippen LogP contribution < -0.4 is 0 Å². The first kappa shape index (κ1) is 20.4. The summed E-state index contributed by atoms with van der Waals surface area (Å²) in [5, 5.41) is 0. The smallest absolute Gasteiger partial charge is 0.328 e. The molecule has 0 N–H and O–H groups in total. The number of hydrogen-bond acceptors (Lipinski definition) is 3. The van der Waals surface area contributed by atoms with E-state index in [1.54, 1.807) is 4.90 Å². The first-order chi connectivity index (χ1) is 12.6. The lowest BCUT2D eigenvalue weighted by Gasteiger charge is -2.23. The van der Waals surface area contributed by atoms with Crippen molar-refractivity contribution in [2.45, 2.75) is 70.8 Å². The lowest BCUT2D eigenvalue weighted by molar-refractivity contribution is -0.148. The molecule has 26 heavy (non-hydrogen) atoms. The van der Waals surface area contributed by atoms with Crippen molar-refractivity contribution in [2.24, 2.45) is 0 Å². The van der Waals surface area contributed by atoms with Gasteiger partial charge in [0.15, 0.2) is 0 Å². The third kappa shape index (κ3) is 6.11. The van der Waals surface area contributed by atoms with E-state index in [1.165, 1.54) is 56.4 Å². The van der Waals surface area contributed by atoms with Crippen molar-refractivity contribution in [2.75, 3.05) is 13.2 Å². The summed E-state index contributed by atoms with van der Waals surface area (Å²) in [7, 11) is 0. The highest BCUT2D eigenvalue weighted by Crippen LogP contribution is 2.21. The molecule has 2 rings (SSSR count). The molecule has 1 heterocycles. The zero-order valence-electron chi connectivity index (χ0n) is 15.7. The number of unbranched alkanes of at least 4 members (excludes halogenated alkanes) is 6. The molecule has 0 radical (unpaired) electrons. The lowest BCUT2D eigenvalue weighted by Crippen LogP contribution is -2.41. The van der Waals surface area contributed by atoms with E-state index in [1.807, 2.05) is 0 Å². The van der Waals surface area contributed by atoms with Gasteiger partial charge in [-0.2, -0.15) is 0 Å². The van der Waals surface area contributed by atoms with Crippen LogP contribution in [0.2, 0.25) is 0 Å². The first-order valence-electron chi connectivity index (χ1n) is 9.86. The van der Waals surface area contributed by atoms with Gasteiger partial charge >= 0.3 is 5.97 Å². The summed E-state index contributed by atoms with van der Waals surface area (Å²) >= 11 is 0. The normalized spacial score (nSPS) is 16.7. The van der Waals surface area contributed by atoms with Crippen molar-refractivity contribution in [1.82, 2.24) is 4.90 Å². The Morgan fingerprint density at radius 1 is 1.08 bits per heavy atom. The predicted octanol–water partition coefficient (Wildman–Crippen LogP) is 4.72. The first-order valence-corrected chi connectivity index (χ1v) is 9.86. The fourth-order valence-electron chi connectivity index (χ4n) is 3.34. The van der Waals surface area contributed by atoms with E-state index < -0.39 is 6.04 Å². The minimum atomic E-state index is -0.517. The molecule has 1 saturated heterocycles. The quantitative estimate of drug-likeness (QED) is 0.446. The largest absolute Gasteiger partial charge is 0.464 e. The van der Waals surface area contributed by atoms with E-state index in [-0.39, 0.29) is 17.7 Å². The highest BCUT2D eigenvalue weighted by atomic mass is 19.1. The molecule has 5 heteroatoms. The van der Waals surface area contributed by atoms with E-state index in [0.717, 1.165) is 19.3 Å². The highest BCUT2D eigenvalue weighted by Gasteiger charge is 2.35. The Hall–Kier alpha value is -1.91. The van der Waals surface area contributed by atoms with Crippen LogP contribution in [-0.4, -0.2) is 36.0 Å². The average molecular weight is 363 g/mol. The third-order valence-electron chi connectivity index (χ3n) is 4.87. The van der Waals surface area contributed by atoms with Gasteiger partial charge in [-0.25, -0.2) is 9.18 Å². The van der Waals surface area contributed by atoms with Crippen molar-refractivity contribution in [3.05, 3.63) is 35.6 Å². The highest BCUT2D eigenvalue weighted by molar-refractivity contribution is 5.97. The minimum absolute atomic E-state index is 0.236. The molecule has 0 aliphatic carbocycles. The number of amides is 1. The maximum atomic E-state index is 13.0. The zero-order valence-corrected chi connectivity index (χ0v) is 15.7. The van der Waals surface area contributed by atoms with Gasteiger partial charge in [-0.1, -0.05) is 45.4 Å². The summed E-state index contributed by atoms with van der Waals surface area (Å²) in [6, 6.07) is 4.92. The van der Waals surface area contributed by atoms with Crippen molar-refractivity contribution in [1.29, 1.82) is 0 Å². The molecule has 1 fully saturated rings. The van der Waals surface area contributed by atoms with Crippen LogP contribution in [0, 0.1) is 5.82 Å². The summed E-state index contributed by atoms with van der Waals surface area (Å²) < 4.78 is 18.4. The number of nitrogens with zero attached hydrogens (tertiary/aromatic N) is 1. The Morgan fingerprint density at radius 3 is 2.42 bits per heavy atom. The Balaban J connectivity index is 1.73. The van der Waals surface area contributed by atoms with Gasteiger partial charge in [-0.3, -0.25) is 4.79 Å². The molecule has 0 spiro atoms. The van der Waals surface area contributed by atoms with Crippen molar-refractivity contribution < 1.29 is 18.7 Å². The molecular weight excluding hydrogens is 333 g/mol. The fraction of sp³-hybridized carbons (Fsp3) is 0.619. The molecule has 0 saturated carbocycles. The van der Waals surface area contributed by atoms with Crippen molar-refractivity contribution in [3.63, 3.8) is 0 Å². The van der Waals surface area contributed by atoms with Crippen LogP contribution in [0.5, 0.6) is 0 Å². The molecule has 144 valence electrons. The Morgan fingerprint density at radius 2 is 1.73 bits per heavy atom. The van der Waals surface area contributed by atoms with Crippen LogP contribution in [0.15, 0.2) is 24.3 Å². The van der Waals surface area contributed by atoms with Gasteiger partial charge in [0, 0.05) is 12.1 Å². The van der Waals surface area contributed by atoms with Crippen molar-refractivity contribution >= 4 is 11.9 Å². The van der Waals surface area contributed by atoms with Gasteiger partial charge in [0.05, 0.1) is 6.61 Å². The zero-order chi connectivity index (χ0) is 18.8. The number of rotatable bonds is 10. The number of esters is 1. The number of ether oxygens (including phenoxy) is 1. The third-order valence-corrected chi connectivity index (χ3v) is 4.87. The van der Waals surface area contributed by atoms with Crippen LogP contribution in [0.4, 0.5) is 4.39 Å². The second kappa shape index (κ2) is 10.9. The summed E-state index contributed by atoms with van der Waals surface area (Å²) in [6.07, 6.45) is 9.57. The number of carbonyl (C=O) groups is 2.